The quantitative estimate of drug-likeness (QED) is 0.877. The number of pyridine rings is 1. The fourth-order valence-electron chi connectivity index (χ4n) is 2.40. The van der Waals surface area contributed by atoms with Gasteiger partial charge in [-0.1, -0.05) is 31.2 Å². The second kappa shape index (κ2) is 7.23. The maximum Gasteiger partial charge on any atom is 0.138 e. The summed E-state index contributed by atoms with van der Waals surface area (Å²) in [6, 6.07) is 10.9. The minimum Gasteiger partial charge on any atom is -0.489 e. The van der Waals surface area contributed by atoms with Crippen molar-refractivity contribution < 1.29 is 4.74 Å². The molecule has 0 bridgehead atoms. The van der Waals surface area contributed by atoms with Gasteiger partial charge in [0.15, 0.2) is 0 Å². The van der Waals surface area contributed by atoms with Gasteiger partial charge in [0.05, 0.1) is 18.3 Å². The van der Waals surface area contributed by atoms with Crippen LogP contribution in [0.25, 0.3) is 0 Å². The molecule has 0 saturated carbocycles. The highest BCUT2D eigenvalue weighted by Crippen LogP contribution is 2.24. The molecule has 112 valence electrons. The Bertz CT molecular complexity index is 564. The first-order chi connectivity index (χ1) is 10.1. The number of hydrogen-bond acceptors (Lipinski definition) is 3. The predicted octanol–water partition coefficient (Wildman–Crippen LogP) is 3.74. The van der Waals surface area contributed by atoms with Crippen LogP contribution in [0.1, 0.15) is 43.5 Å². The van der Waals surface area contributed by atoms with Gasteiger partial charge in [0.2, 0.25) is 0 Å². The Balaban J connectivity index is 2.27. The summed E-state index contributed by atoms with van der Waals surface area (Å²) in [6.45, 7) is 6.21. The first-order valence-corrected chi connectivity index (χ1v) is 7.51. The third kappa shape index (κ3) is 4.05. The molecule has 0 aliphatic rings. The highest BCUT2D eigenvalue weighted by Gasteiger charge is 2.13. The van der Waals surface area contributed by atoms with Gasteiger partial charge in [-0.3, -0.25) is 4.98 Å². The van der Waals surface area contributed by atoms with Gasteiger partial charge in [0, 0.05) is 6.20 Å². The van der Waals surface area contributed by atoms with E-state index >= 15 is 0 Å². The summed E-state index contributed by atoms with van der Waals surface area (Å²) in [5.74, 6) is 0.813. The minimum absolute atomic E-state index is 0.124. The van der Waals surface area contributed by atoms with Crippen LogP contribution < -0.4 is 10.1 Å². The monoisotopic (exact) mass is 284 g/mol. The van der Waals surface area contributed by atoms with E-state index in [1.54, 1.807) is 6.20 Å². The number of hydrogen-bond donors (Lipinski definition) is 1. The Morgan fingerprint density at radius 1 is 1.10 bits per heavy atom. The number of nitrogens with one attached hydrogen (secondary N) is 1. The van der Waals surface area contributed by atoms with Crippen LogP contribution >= 0.6 is 0 Å². The number of aromatic nitrogens is 1. The van der Waals surface area contributed by atoms with Crippen LogP contribution in [-0.2, 0) is 6.42 Å². The minimum atomic E-state index is 0.124. The number of benzene rings is 1. The van der Waals surface area contributed by atoms with Crippen LogP contribution in [0.5, 0.6) is 5.75 Å². The first kappa shape index (κ1) is 15.5. The van der Waals surface area contributed by atoms with Crippen LogP contribution in [0.3, 0.4) is 0 Å². The van der Waals surface area contributed by atoms with Gasteiger partial charge >= 0.3 is 0 Å². The third-order valence-corrected chi connectivity index (χ3v) is 3.45. The fourth-order valence-corrected chi connectivity index (χ4v) is 2.40. The molecule has 1 aromatic carbocycles. The molecular weight excluding hydrogens is 260 g/mol. The standard InChI is InChI=1S/C18H24N2O/c1-5-14-6-8-15(9-7-14)18(19-4)16-10-17(12-20-11-16)21-13(2)3/h6-13,18-19H,5H2,1-4H3. The molecule has 0 aliphatic heterocycles. The first-order valence-electron chi connectivity index (χ1n) is 7.51. The smallest absolute Gasteiger partial charge is 0.138 e. The third-order valence-electron chi connectivity index (χ3n) is 3.45. The molecule has 1 unspecified atom stereocenters. The zero-order valence-corrected chi connectivity index (χ0v) is 13.3. The van der Waals surface area contributed by atoms with Crippen molar-refractivity contribution in [1.29, 1.82) is 0 Å². The molecular formula is C18H24N2O. The summed E-state index contributed by atoms with van der Waals surface area (Å²) in [6.07, 6.45) is 4.86. The van der Waals surface area contributed by atoms with Gasteiger partial charge in [-0.25, -0.2) is 0 Å². The van der Waals surface area contributed by atoms with Crippen LogP contribution in [0.2, 0.25) is 0 Å². The van der Waals surface area contributed by atoms with Crippen molar-refractivity contribution in [1.82, 2.24) is 10.3 Å². The summed E-state index contributed by atoms with van der Waals surface area (Å²) < 4.78 is 5.73. The molecule has 0 amide bonds. The molecule has 0 saturated heterocycles. The van der Waals surface area contributed by atoms with Gasteiger partial charge in [-0.05, 0) is 50.1 Å². The average molecular weight is 284 g/mol. The zero-order valence-electron chi connectivity index (χ0n) is 13.3. The number of ether oxygens (including phenoxy) is 1. The highest BCUT2D eigenvalue weighted by molar-refractivity contribution is 5.35. The van der Waals surface area contributed by atoms with E-state index in [2.05, 4.69) is 47.6 Å². The average Bonchev–Trinajstić information content (AvgIpc) is 2.48. The van der Waals surface area contributed by atoms with E-state index in [1.165, 1.54) is 11.1 Å². The van der Waals surface area contributed by atoms with Crippen LogP contribution in [0.15, 0.2) is 42.7 Å². The molecule has 1 aromatic heterocycles. The molecule has 1 N–H and O–H groups in total. The van der Waals surface area contributed by atoms with Crippen LogP contribution in [0.4, 0.5) is 0 Å². The van der Waals surface area contributed by atoms with E-state index in [1.807, 2.05) is 27.1 Å². The van der Waals surface area contributed by atoms with Crippen molar-refractivity contribution in [2.75, 3.05) is 7.05 Å². The molecule has 21 heavy (non-hydrogen) atoms. The van der Waals surface area contributed by atoms with Crippen molar-refractivity contribution in [2.45, 2.75) is 39.3 Å². The van der Waals surface area contributed by atoms with E-state index in [0.717, 1.165) is 17.7 Å². The zero-order chi connectivity index (χ0) is 15.2. The predicted molar refractivity (Wildman–Crippen MR) is 86.7 cm³/mol. The lowest BCUT2D eigenvalue weighted by molar-refractivity contribution is 0.241. The van der Waals surface area contributed by atoms with Gasteiger partial charge in [-0.15, -0.1) is 0 Å². The molecule has 2 rings (SSSR count). The van der Waals surface area contributed by atoms with Gasteiger partial charge in [0.1, 0.15) is 5.75 Å². The highest BCUT2D eigenvalue weighted by atomic mass is 16.5. The van der Waals surface area contributed by atoms with E-state index < -0.39 is 0 Å². The van der Waals surface area contributed by atoms with E-state index in [4.69, 9.17) is 4.74 Å². The summed E-state index contributed by atoms with van der Waals surface area (Å²) >= 11 is 0. The lowest BCUT2D eigenvalue weighted by Gasteiger charge is -2.18. The Morgan fingerprint density at radius 3 is 2.38 bits per heavy atom. The molecule has 0 radical (unpaired) electrons. The number of nitrogens with zero attached hydrogens (tertiary/aromatic N) is 1. The van der Waals surface area contributed by atoms with E-state index in [0.29, 0.717) is 0 Å². The molecule has 0 fully saturated rings. The van der Waals surface area contributed by atoms with Crippen LogP contribution in [-0.4, -0.2) is 18.1 Å². The summed E-state index contributed by atoms with van der Waals surface area (Å²) in [5.41, 5.74) is 3.70. The Labute approximate surface area is 127 Å². The van der Waals surface area contributed by atoms with Crippen molar-refractivity contribution in [2.24, 2.45) is 0 Å². The number of aryl methyl sites for hydroxylation is 1. The SMILES string of the molecule is CCc1ccc(C(NC)c2cncc(OC(C)C)c2)cc1. The Morgan fingerprint density at radius 2 is 1.81 bits per heavy atom. The molecule has 1 atom stereocenters. The maximum atomic E-state index is 5.73. The van der Waals surface area contributed by atoms with Gasteiger partial charge in [0.25, 0.3) is 0 Å². The van der Waals surface area contributed by atoms with Crippen molar-refractivity contribution >= 4 is 0 Å². The Kier molecular flexibility index (Phi) is 5.34. The van der Waals surface area contributed by atoms with Crippen molar-refractivity contribution in [3.63, 3.8) is 0 Å². The molecule has 3 nitrogen and oxygen atoms in total. The molecule has 2 aromatic rings. The van der Waals surface area contributed by atoms with Crippen LogP contribution in [0, 0.1) is 0 Å². The summed E-state index contributed by atoms with van der Waals surface area (Å²) in [5, 5.41) is 3.36. The topological polar surface area (TPSA) is 34.2 Å². The van der Waals surface area contributed by atoms with Gasteiger partial charge in [-0.2, -0.15) is 0 Å². The lowest BCUT2D eigenvalue weighted by atomic mass is 9.98. The normalized spacial score (nSPS) is 12.4. The summed E-state index contributed by atoms with van der Waals surface area (Å²) in [7, 11) is 1.97. The fraction of sp³-hybridized carbons (Fsp3) is 0.389. The summed E-state index contributed by atoms with van der Waals surface area (Å²) in [4.78, 5) is 4.30. The number of rotatable bonds is 6. The second-order valence-corrected chi connectivity index (χ2v) is 5.44. The molecule has 0 spiro atoms. The van der Waals surface area contributed by atoms with Gasteiger partial charge < -0.3 is 10.1 Å². The van der Waals surface area contributed by atoms with Crippen molar-refractivity contribution in [3.05, 3.63) is 59.4 Å². The maximum absolute atomic E-state index is 5.73. The van der Waals surface area contributed by atoms with E-state index in [-0.39, 0.29) is 12.1 Å². The largest absolute Gasteiger partial charge is 0.489 e. The Hall–Kier alpha value is -1.87. The molecule has 3 heteroatoms. The molecule has 1 heterocycles. The molecule has 0 aliphatic carbocycles. The lowest BCUT2D eigenvalue weighted by Crippen LogP contribution is -2.18. The second-order valence-electron chi connectivity index (χ2n) is 5.44. The van der Waals surface area contributed by atoms with Crippen molar-refractivity contribution in [3.8, 4) is 5.75 Å². The van der Waals surface area contributed by atoms with E-state index in [9.17, 15) is 0 Å².